The van der Waals surface area contributed by atoms with E-state index in [4.69, 9.17) is 0 Å². The van der Waals surface area contributed by atoms with E-state index in [0.29, 0.717) is 17.4 Å². The Morgan fingerprint density at radius 2 is 2.07 bits per heavy atom. The number of benzene rings is 1. The molecule has 1 aromatic carbocycles. The summed E-state index contributed by atoms with van der Waals surface area (Å²) in [6.07, 6.45) is 6.86. The molecule has 27 heavy (non-hydrogen) atoms. The van der Waals surface area contributed by atoms with Crippen molar-refractivity contribution in [3.63, 3.8) is 0 Å². The molecule has 2 heterocycles. The van der Waals surface area contributed by atoms with Crippen LogP contribution in [-0.4, -0.2) is 29.9 Å². The van der Waals surface area contributed by atoms with Crippen LogP contribution in [0.25, 0.3) is 0 Å². The summed E-state index contributed by atoms with van der Waals surface area (Å²) in [6, 6.07) is 11.2. The highest BCUT2D eigenvalue weighted by molar-refractivity contribution is 7.07. The third-order valence-corrected chi connectivity index (χ3v) is 7.74. The molecule has 1 spiro atoms. The average molecular weight is 381 g/mol. The van der Waals surface area contributed by atoms with Crippen LogP contribution in [0.4, 0.5) is 0 Å². The molecule has 2 fully saturated rings. The van der Waals surface area contributed by atoms with E-state index in [1.54, 1.807) is 11.3 Å². The summed E-state index contributed by atoms with van der Waals surface area (Å²) < 4.78 is 0. The first-order chi connectivity index (χ1) is 13.3. The molecule has 0 radical (unpaired) electrons. The first-order valence-electron chi connectivity index (χ1n) is 10.4. The Hall–Kier alpha value is -1.65. The Morgan fingerprint density at radius 1 is 1.22 bits per heavy atom. The number of nitrogens with one attached hydrogen (secondary N) is 1. The fourth-order valence-electron chi connectivity index (χ4n) is 5.36. The van der Waals surface area contributed by atoms with Crippen molar-refractivity contribution in [3.8, 4) is 0 Å². The lowest BCUT2D eigenvalue weighted by Gasteiger charge is -2.34. The van der Waals surface area contributed by atoms with Gasteiger partial charge in [-0.1, -0.05) is 24.3 Å². The highest BCUT2D eigenvalue weighted by Crippen LogP contribution is 2.56. The topological polar surface area (TPSA) is 32.3 Å². The van der Waals surface area contributed by atoms with Crippen molar-refractivity contribution >= 4 is 17.2 Å². The number of fused-ring (bicyclic) bond motifs is 1. The molecule has 3 nitrogen and oxygen atoms in total. The van der Waals surface area contributed by atoms with Crippen molar-refractivity contribution in [3.05, 3.63) is 57.8 Å². The fraction of sp³-hybridized carbons (Fsp3) is 0.522. The van der Waals surface area contributed by atoms with Crippen LogP contribution in [0.3, 0.4) is 0 Å². The zero-order chi connectivity index (χ0) is 18.3. The van der Waals surface area contributed by atoms with E-state index < -0.39 is 0 Å². The van der Waals surface area contributed by atoms with Gasteiger partial charge in [-0.15, -0.1) is 0 Å². The molecule has 4 heteroatoms. The van der Waals surface area contributed by atoms with Gasteiger partial charge in [0, 0.05) is 12.6 Å². The van der Waals surface area contributed by atoms with Gasteiger partial charge in [-0.05, 0) is 90.5 Å². The number of aryl methyl sites for hydroxylation is 1. The number of rotatable bonds is 4. The van der Waals surface area contributed by atoms with Gasteiger partial charge < -0.3 is 10.2 Å². The van der Waals surface area contributed by atoms with Gasteiger partial charge in [0.15, 0.2) is 0 Å². The van der Waals surface area contributed by atoms with Crippen molar-refractivity contribution in [1.29, 1.82) is 0 Å². The number of carbonyl (C=O) groups is 1. The molecule has 1 saturated heterocycles. The molecule has 2 atom stereocenters. The molecule has 0 bridgehead atoms. The second kappa shape index (κ2) is 7.06. The zero-order valence-electron chi connectivity index (χ0n) is 15.8. The highest BCUT2D eigenvalue weighted by Gasteiger charge is 2.58. The maximum absolute atomic E-state index is 13.8. The van der Waals surface area contributed by atoms with E-state index in [-0.39, 0.29) is 5.92 Å². The van der Waals surface area contributed by atoms with E-state index in [1.165, 1.54) is 36.0 Å². The van der Waals surface area contributed by atoms with Gasteiger partial charge in [-0.2, -0.15) is 11.3 Å². The van der Waals surface area contributed by atoms with E-state index in [9.17, 15) is 4.79 Å². The Balaban J connectivity index is 1.43. The maximum Gasteiger partial charge on any atom is 0.230 e. The molecule has 1 aromatic heterocycles. The Bertz CT molecular complexity index is 810. The molecular formula is C23H28N2OS. The molecule has 2 aliphatic carbocycles. The monoisotopic (exact) mass is 380 g/mol. The smallest absolute Gasteiger partial charge is 0.230 e. The quantitative estimate of drug-likeness (QED) is 0.856. The van der Waals surface area contributed by atoms with Gasteiger partial charge in [0.2, 0.25) is 5.91 Å². The predicted octanol–water partition coefficient (Wildman–Crippen LogP) is 4.34. The van der Waals surface area contributed by atoms with Crippen molar-refractivity contribution in [2.45, 2.75) is 57.0 Å². The lowest BCUT2D eigenvalue weighted by Crippen LogP contribution is -2.41. The second-order valence-corrected chi connectivity index (χ2v) is 9.35. The van der Waals surface area contributed by atoms with Crippen LogP contribution in [0, 0.1) is 5.41 Å². The summed E-state index contributed by atoms with van der Waals surface area (Å²) in [7, 11) is 0. The Kier molecular flexibility index (Phi) is 4.57. The summed E-state index contributed by atoms with van der Waals surface area (Å²) in [5, 5.41) is 7.82. The van der Waals surface area contributed by atoms with Gasteiger partial charge in [-0.25, -0.2) is 0 Å². The van der Waals surface area contributed by atoms with Crippen LogP contribution in [0.1, 0.15) is 54.7 Å². The molecular weight excluding hydrogens is 352 g/mol. The van der Waals surface area contributed by atoms with E-state index >= 15 is 0 Å². The average Bonchev–Trinajstić information content (AvgIpc) is 3.14. The highest BCUT2D eigenvalue weighted by atomic mass is 32.1. The third-order valence-electron chi connectivity index (χ3n) is 7.01. The zero-order valence-corrected chi connectivity index (χ0v) is 16.6. The lowest BCUT2D eigenvalue weighted by molar-refractivity contribution is -0.135. The molecule has 1 aliphatic heterocycles. The Labute approximate surface area is 165 Å². The standard InChI is InChI=1S/C23H28N2OS/c26-22(20-7-3-5-18-4-1-2-6-19(18)20)25(15-17-8-13-27-16-17)21-14-23(21)9-11-24-12-10-23/h1-2,4,6,8,13,16,20-21,24H,3,5,7,9-12,14-15H2. The molecule has 1 amide bonds. The lowest BCUT2D eigenvalue weighted by atomic mass is 9.82. The van der Waals surface area contributed by atoms with Gasteiger partial charge in [-0.3, -0.25) is 4.79 Å². The number of carbonyl (C=O) groups excluding carboxylic acids is 1. The molecule has 2 aromatic rings. The molecule has 2 unspecified atom stereocenters. The number of nitrogens with zero attached hydrogens (tertiary/aromatic N) is 1. The SMILES string of the molecule is O=C(C1CCCc2ccccc21)N(Cc1ccsc1)C1CC12CCNCC2. The van der Waals surface area contributed by atoms with Crippen LogP contribution in [-0.2, 0) is 17.8 Å². The van der Waals surface area contributed by atoms with Crippen LogP contribution in [0.15, 0.2) is 41.1 Å². The minimum atomic E-state index is 0.0490. The summed E-state index contributed by atoms with van der Waals surface area (Å²) in [5.74, 6) is 0.418. The van der Waals surface area contributed by atoms with Crippen LogP contribution < -0.4 is 5.32 Å². The van der Waals surface area contributed by atoms with Crippen LogP contribution >= 0.6 is 11.3 Å². The fourth-order valence-corrected chi connectivity index (χ4v) is 6.02. The number of thiophene rings is 1. The summed E-state index contributed by atoms with van der Waals surface area (Å²) in [6.45, 7) is 2.98. The molecule has 1 saturated carbocycles. The van der Waals surface area contributed by atoms with Gasteiger partial charge in [0.25, 0.3) is 0 Å². The van der Waals surface area contributed by atoms with E-state index in [0.717, 1.165) is 38.9 Å². The van der Waals surface area contributed by atoms with E-state index in [2.05, 4.69) is 51.3 Å². The summed E-state index contributed by atoms with van der Waals surface area (Å²) in [5.41, 5.74) is 4.33. The molecule has 1 N–H and O–H groups in total. The third kappa shape index (κ3) is 3.23. The minimum absolute atomic E-state index is 0.0490. The van der Waals surface area contributed by atoms with E-state index in [1.807, 2.05) is 0 Å². The maximum atomic E-state index is 13.8. The number of piperidine rings is 1. The summed E-state index contributed by atoms with van der Waals surface area (Å²) >= 11 is 1.73. The van der Waals surface area contributed by atoms with Crippen molar-refractivity contribution in [2.75, 3.05) is 13.1 Å². The van der Waals surface area contributed by atoms with Gasteiger partial charge in [0.1, 0.15) is 0 Å². The van der Waals surface area contributed by atoms with Crippen LogP contribution in [0.2, 0.25) is 0 Å². The normalized spacial score (nSPS) is 25.8. The molecule has 5 rings (SSSR count). The van der Waals surface area contributed by atoms with Crippen molar-refractivity contribution in [1.82, 2.24) is 10.2 Å². The first kappa shape index (κ1) is 17.4. The predicted molar refractivity (Wildman–Crippen MR) is 110 cm³/mol. The van der Waals surface area contributed by atoms with Gasteiger partial charge >= 0.3 is 0 Å². The minimum Gasteiger partial charge on any atom is -0.334 e. The number of amides is 1. The van der Waals surface area contributed by atoms with Gasteiger partial charge in [0.05, 0.1) is 5.92 Å². The number of hydrogen-bond donors (Lipinski definition) is 1. The first-order valence-corrected chi connectivity index (χ1v) is 11.3. The second-order valence-electron chi connectivity index (χ2n) is 8.57. The number of hydrogen-bond acceptors (Lipinski definition) is 3. The Morgan fingerprint density at radius 3 is 2.89 bits per heavy atom. The van der Waals surface area contributed by atoms with Crippen LogP contribution in [0.5, 0.6) is 0 Å². The largest absolute Gasteiger partial charge is 0.334 e. The summed E-state index contributed by atoms with van der Waals surface area (Å²) in [4.78, 5) is 16.1. The molecule has 3 aliphatic rings. The van der Waals surface area contributed by atoms with Crippen molar-refractivity contribution < 1.29 is 4.79 Å². The van der Waals surface area contributed by atoms with Crippen molar-refractivity contribution in [2.24, 2.45) is 5.41 Å². The molecule has 142 valence electrons.